The minimum Gasteiger partial charge on any atom is -0.317 e. The van der Waals surface area contributed by atoms with Gasteiger partial charge in [-0.05, 0) is 51.1 Å². The van der Waals surface area contributed by atoms with Gasteiger partial charge in [-0.15, -0.1) is 0 Å². The second kappa shape index (κ2) is 7.70. The van der Waals surface area contributed by atoms with Crippen molar-refractivity contribution in [3.8, 4) is 6.07 Å². The first-order valence-electron chi connectivity index (χ1n) is 6.43. The van der Waals surface area contributed by atoms with Gasteiger partial charge in [0.2, 0.25) is 0 Å². The van der Waals surface area contributed by atoms with Crippen LogP contribution in [0.4, 0.5) is 0 Å². The van der Waals surface area contributed by atoms with Crippen molar-refractivity contribution in [1.82, 2.24) is 5.32 Å². The van der Waals surface area contributed by atoms with Crippen LogP contribution < -0.4 is 5.32 Å². The lowest BCUT2D eigenvalue weighted by molar-refractivity contribution is 0.402. The van der Waals surface area contributed by atoms with E-state index in [2.05, 4.69) is 18.3 Å². The minimum atomic E-state index is 0.304. The molecule has 15 heavy (non-hydrogen) atoms. The molecule has 0 aromatic carbocycles. The first-order chi connectivity index (χ1) is 7.33. The van der Waals surface area contributed by atoms with Gasteiger partial charge in [-0.3, -0.25) is 0 Å². The molecule has 0 bridgehead atoms. The summed E-state index contributed by atoms with van der Waals surface area (Å²) >= 11 is 0. The van der Waals surface area contributed by atoms with Crippen LogP contribution in [0.2, 0.25) is 0 Å². The average Bonchev–Trinajstić information content (AvgIpc) is 2.23. The summed E-state index contributed by atoms with van der Waals surface area (Å²) in [4.78, 5) is 0. The van der Waals surface area contributed by atoms with Gasteiger partial charge in [0, 0.05) is 5.92 Å². The average molecular weight is 208 g/mol. The van der Waals surface area contributed by atoms with Gasteiger partial charge in [-0.25, -0.2) is 0 Å². The molecule has 1 N–H and O–H groups in total. The van der Waals surface area contributed by atoms with Gasteiger partial charge in [0.05, 0.1) is 6.07 Å². The van der Waals surface area contributed by atoms with E-state index in [1.807, 2.05) is 0 Å². The summed E-state index contributed by atoms with van der Waals surface area (Å²) in [5.74, 6) is 1.14. The SMILES string of the molecule is CC1CCCNCCCC(C#N)CCC1. The van der Waals surface area contributed by atoms with Gasteiger partial charge >= 0.3 is 0 Å². The number of hydrogen-bond acceptors (Lipinski definition) is 2. The van der Waals surface area contributed by atoms with Crippen molar-refractivity contribution < 1.29 is 0 Å². The number of rotatable bonds is 0. The van der Waals surface area contributed by atoms with Crippen LogP contribution in [0.1, 0.15) is 51.9 Å². The lowest BCUT2D eigenvalue weighted by atomic mass is 9.92. The summed E-state index contributed by atoms with van der Waals surface area (Å²) in [6.07, 6.45) is 8.55. The molecule has 2 nitrogen and oxygen atoms in total. The molecule has 1 rings (SSSR count). The quantitative estimate of drug-likeness (QED) is 0.664. The van der Waals surface area contributed by atoms with E-state index in [0.717, 1.165) is 38.3 Å². The fraction of sp³-hybridized carbons (Fsp3) is 0.923. The second-order valence-electron chi connectivity index (χ2n) is 4.90. The molecule has 1 heterocycles. The van der Waals surface area contributed by atoms with E-state index in [9.17, 15) is 0 Å². The summed E-state index contributed by atoms with van der Waals surface area (Å²) < 4.78 is 0. The van der Waals surface area contributed by atoms with E-state index in [4.69, 9.17) is 5.26 Å². The smallest absolute Gasteiger partial charge is 0.0655 e. The molecule has 1 aliphatic heterocycles. The molecule has 0 spiro atoms. The molecular formula is C13H24N2. The number of hydrogen-bond donors (Lipinski definition) is 1. The molecule has 0 saturated carbocycles. The highest BCUT2D eigenvalue weighted by atomic mass is 14.8. The topological polar surface area (TPSA) is 35.8 Å². The second-order valence-corrected chi connectivity index (χ2v) is 4.90. The van der Waals surface area contributed by atoms with Crippen molar-refractivity contribution in [3.05, 3.63) is 0 Å². The van der Waals surface area contributed by atoms with Crippen LogP contribution in [0.3, 0.4) is 0 Å². The third-order valence-corrected chi connectivity index (χ3v) is 3.39. The molecule has 2 unspecified atom stereocenters. The zero-order valence-electron chi connectivity index (χ0n) is 9.97. The van der Waals surface area contributed by atoms with E-state index in [1.54, 1.807) is 0 Å². The molecular weight excluding hydrogens is 184 g/mol. The van der Waals surface area contributed by atoms with Crippen LogP contribution in [0, 0.1) is 23.2 Å². The fourth-order valence-corrected chi connectivity index (χ4v) is 2.30. The Bertz CT molecular complexity index is 195. The molecule has 0 aromatic rings. The Labute approximate surface area is 94.1 Å². The maximum atomic E-state index is 8.99. The Morgan fingerprint density at radius 2 is 1.60 bits per heavy atom. The van der Waals surface area contributed by atoms with Crippen molar-refractivity contribution in [2.24, 2.45) is 11.8 Å². The standard InChI is InChI=1S/C13H24N2/c1-12-5-2-7-13(11-14)8-4-10-15-9-3-6-12/h12-13,15H,2-10H2,1H3. The van der Waals surface area contributed by atoms with Crippen LogP contribution in [-0.2, 0) is 0 Å². The lowest BCUT2D eigenvalue weighted by Crippen LogP contribution is -2.18. The maximum absolute atomic E-state index is 8.99. The first kappa shape index (κ1) is 12.5. The third-order valence-electron chi connectivity index (χ3n) is 3.39. The number of nitrogens with one attached hydrogen (secondary N) is 1. The zero-order valence-corrected chi connectivity index (χ0v) is 9.97. The monoisotopic (exact) mass is 208 g/mol. The molecule has 0 aliphatic carbocycles. The zero-order chi connectivity index (χ0) is 10.9. The Kier molecular flexibility index (Phi) is 6.43. The largest absolute Gasteiger partial charge is 0.317 e. The number of nitriles is 1. The van der Waals surface area contributed by atoms with Crippen molar-refractivity contribution in [3.63, 3.8) is 0 Å². The molecule has 1 aliphatic rings. The van der Waals surface area contributed by atoms with Crippen molar-refractivity contribution in [1.29, 1.82) is 5.26 Å². The highest BCUT2D eigenvalue weighted by Gasteiger charge is 2.09. The normalized spacial score (nSPS) is 30.9. The van der Waals surface area contributed by atoms with Crippen LogP contribution in [0.15, 0.2) is 0 Å². The van der Waals surface area contributed by atoms with E-state index < -0.39 is 0 Å². The van der Waals surface area contributed by atoms with Crippen molar-refractivity contribution in [2.45, 2.75) is 51.9 Å². The van der Waals surface area contributed by atoms with Crippen molar-refractivity contribution in [2.75, 3.05) is 13.1 Å². The Balaban J connectivity index is 2.30. The van der Waals surface area contributed by atoms with Gasteiger partial charge in [-0.1, -0.05) is 19.8 Å². The summed E-state index contributed by atoms with van der Waals surface area (Å²) in [5, 5.41) is 12.5. The third kappa shape index (κ3) is 5.79. The fourth-order valence-electron chi connectivity index (χ4n) is 2.30. The van der Waals surface area contributed by atoms with E-state index in [0.29, 0.717) is 5.92 Å². The van der Waals surface area contributed by atoms with Gasteiger partial charge in [-0.2, -0.15) is 5.26 Å². The summed E-state index contributed by atoms with van der Waals surface area (Å²) in [6, 6.07) is 2.44. The highest BCUT2D eigenvalue weighted by molar-refractivity contribution is 4.82. The van der Waals surface area contributed by atoms with Crippen molar-refractivity contribution >= 4 is 0 Å². The molecule has 1 fully saturated rings. The van der Waals surface area contributed by atoms with E-state index in [1.165, 1.54) is 25.7 Å². The molecule has 86 valence electrons. The first-order valence-corrected chi connectivity index (χ1v) is 6.43. The van der Waals surface area contributed by atoms with Crippen LogP contribution in [0.5, 0.6) is 0 Å². The van der Waals surface area contributed by atoms with Gasteiger partial charge in [0.1, 0.15) is 0 Å². The van der Waals surface area contributed by atoms with Gasteiger partial charge < -0.3 is 5.32 Å². The summed E-state index contributed by atoms with van der Waals surface area (Å²) in [7, 11) is 0. The van der Waals surface area contributed by atoms with Gasteiger partial charge in [0.15, 0.2) is 0 Å². The summed E-state index contributed by atoms with van der Waals surface area (Å²) in [5.41, 5.74) is 0. The Morgan fingerprint density at radius 3 is 2.33 bits per heavy atom. The minimum absolute atomic E-state index is 0.304. The van der Waals surface area contributed by atoms with Crippen LogP contribution in [-0.4, -0.2) is 13.1 Å². The predicted molar refractivity (Wildman–Crippen MR) is 63.5 cm³/mol. The maximum Gasteiger partial charge on any atom is 0.0655 e. The molecule has 0 radical (unpaired) electrons. The molecule has 2 atom stereocenters. The Morgan fingerprint density at radius 1 is 1.00 bits per heavy atom. The molecule has 1 saturated heterocycles. The number of nitrogens with zero attached hydrogens (tertiary/aromatic N) is 1. The highest BCUT2D eigenvalue weighted by Crippen LogP contribution is 2.19. The Hall–Kier alpha value is -0.550. The molecule has 0 amide bonds. The van der Waals surface area contributed by atoms with Crippen LogP contribution >= 0.6 is 0 Å². The lowest BCUT2D eigenvalue weighted by Gasteiger charge is -2.15. The van der Waals surface area contributed by atoms with Crippen LogP contribution in [0.25, 0.3) is 0 Å². The summed E-state index contributed by atoms with van der Waals surface area (Å²) in [6.45, 7) is 4.58. The predicted octanol–water partition coefficient (Wildman–Crippen LogP) is 3.10. The molecule has 2 heteroatoms. The van der Waals surface area contributed by atoms with Gasteiger partial charge in [0.25, 0.3) is 0 Å². The van der Waals surface area contributed by atoms with E-state index >= 15 is 0 Å². The van der Waals surface area contributed by atoms with E-state index in [-0.39, 0.29) is 0 Å². The molecule has 0 aromatic heterocycles.